The van der Waals surface area contributed by atoms with Gasteiger partial charge in [0.05, 0.1) is 0 Å². The maximum atomic E-state index is 5.84. The van der Waals surface area contributed by atoms with Gasteiger partial charge >= 0.3 is 0 Å². The van der Waals surface area contributed by atoms with E-state index in [4.69, 9.17) is 33.7 Å². The fraction of sp³-hybridized carbons (Fsp3) is 0.273. The minimum absolute atomic E-state index is 0.402. The van der Waals surface area contributed by atoms with Crippen LogP contribution in [0.4, 0.5) is 0 Å². The van der Waals surface area contributed by atoms with Gasteiger partial charge in [0.15, 0.2) is 0 Å². The second-order valence-electron chi connectivity index (χ2n) is 3.20. The first kappa shape index (κ1) is 12.4. The summed E-state index contributed by atoms with van der Waals surface area (Å²) in [6.45, 7) is 2.75. The molecule has 0 bridgehead atoms. The average Bonchev–Trinajstić information content (AvgIpc) is 2.26. The molecule has 1 rings (SSSR count). The Morgan fingerprint density at radius 2 is 2.27 bits per heavy atom. The van der Waals surface area contributed by atoms with E-state index < -0.39 is 0 Å². The molecule has 82 valence electrons. The molecule has 0 heterocycles. The van der Waals surface area contributed by atoms with Crippen LogP contribution in [0.1, 0.15) is 12.5 Å². The average molecular weight is 246 g/mol. The van der Waals surface area contributed by atoms with E-state index in [0.29, 0.717) is 18.2 Å². The summed E-state index contributed by atoms with van der Waals surface area (Å²) in [4.78, 5) is 0. The molecule has 0 aliphatic carbocycles. The fourth-order valence-electron chi connectivity index (χ4n) is 1.07. The SMILES string of the molecule is C/C(=C/Cl)COc1ccc(Cl)cc1CN. The zero-order valence-corrected chi connectivity index (χ0v) is 9.98. The fourth-order valence-corrected chi connectivity index (χ4v) is 1.33. The summed E-state index contributed by atoms with van der Waals surface area (Å²) >= 11 is 11.4. The minimum Gasteiger partial charge on any atom is -0.489 e. The van der Waals surface area contributed by atoms with Gasteiger partial charge in [-0.25, -0.2) is 0 Å². The maximum absolute atomic E-state index is 5.84. The molecule has 2 nitrogen and oxygen atoms in total. The van der Waals surface area contributed by atoms with Crippen LogP contribution in [0, 0.1) is 0 Å². The van der Waals surface area contributed by atoms with Crippen molar-refractivity contribution in [2.75, 3.05) is 6.61 Å². The number of halogens is 2. The van der Waals surface area contributed by atoms with E-state index in [2.05, 4.69) is 0 Å². The lowest BCUT2D eigenvalue weighted by Gasteiger charge is -2.10. The first-order chi connectivity index (χ1) is 7.17. The molecule has 0 saturated carbocycles. The summed E-state index contributed by atoms with van der Waals surface area (Å²) in [5.41, 5.74) is 8.92. The van der Waals surface area contributed by atoms with Crippen molar-refractivity contribution in [1.29, 1.82) is 0 Å². The highest BCUT2D eigenvalue weighted by atomic mass is 35.5. The monoisotopic (exact) mass is 245 g/mol. The molecule has 1 aromatic carbocycles. The second-order valence-corrected chi connectivity index (χ2v) is 3.85. The first-order valence-corrected chi connectivity index (χ1v) is 5.36. The van der Waals surface area contributed by atoms with Gasteiger partial charge in [0.1, 0.15) is 12.4 Å². The van der Waals surface area contributed by atoms with Gasteiger partial charge in [0, 0.05) is 22.7 Å². The predicted molar refractivity (Wildman–Crippen MR) is 64.4 cm³/mol. The third-order valence-corrected chi connectivity index (χ3v) is 2.49. The molecule has 0 unspecified atom stereocenters. The molecule has 0 aliphatic heterocycles. The Kier molecular flexibility index (Phi) is 4.95. The third kappa shape index (κ3) is 3.74. The van der Waals surface area contributed by atoms with Gasteiger partial charge in [0.25, 0.3) is 0 Å². The summed E-state index contributed by atoms with van der Waals surface area (Å²) in [7, 11) is 0. The standard InChI is InChI=1S/C11H13Cl2NO/c1-8(5-12)7-15-11-3-2-10(13)4-9(11)6-14/h2-5H,6-7,14H2,1H3/b8-5-. The first-order valence-electron chi connectivity index (χ1n) is 4.54. The van der Waals surface area contributed by atoms with Crippen LogP contribution >= 0.6 is 23.2 Å². The highest BCUT2D eigenvalue weighted by molar-refractivity contribution is 6.30. The lowest BCUT2D eigenvalue weighted by Crippen LogP contribution is -2.04. The van der Waals surface area contributed by atoms with Gasteiger partial charge in [-0.15, -0.1) is 0 Å². The highest BCUT2D eigenvalue weighted by Crippen LogP contribution is 2.22. The summed E-state index contributed by atoms with van der Waals surface area (Å²) in [6.07, 6.45) is 0. The molecule has 0 amide bonds. The molecule has 2 N–H and O–H groups in total. The molecule has 15 heavy (non-hydrogen) atoms. The Balaban J connectivity index is 2.76. The molecule has 0 fully saturated rings. The van der Waals surface area contributed by atoms with Crippen LogP contribution in [0.5, 0.6) is 5.75 Å². The number of benzene rings is 1. The minimum atomic E-state index is 0.402. The quantitative estimate of drug-likeness (QED) is 0.884. The largest absolute Gasteiger partial charge is 0.489 e. The number of hydrogen-bond acceptors (Lipinski definition) is 2. The van der Waals surface area contributed by atoms with Gasteiger partial charge < -0.3 is 10.5 Å². The van der Waals surface area contributed by atoms with Crippen LogP contribution in [-0.4, -0.2) is 6.61 Å². The molecule has 0 aliphatic rings. The van der Waals surface area contributed by atoms with Crippen LogP contribution < -0.4 is 10.5 Å². The van der Waals surface area contributed by atoms with Crippen molar-refractivity contribution < 1.29 is 4.74 Å². The van der Waals surface area contributed by atoms with Crippen LogP contribution in [0.2, 0.25) is 5.02 Å². The van der Waals surface area contributed by atoms with Crippen molar-refractivity contribution in [3.63, 3.8) is 0 Å². The molecular formula is C11H13Cl2NO. The van der Waals surface area contributed by atoms with Crippen molar-refractivity contribution in [3.05, 3.63) is 39.9 Å². The molecule has 4 heteroatoms. The molecule has 0 aromatic heterocycles. The number of ether oxygens (including phenoxy) is 1. The van der Waals surface area contributed by atoms with Crippen LogP contribution in [-0.2, 0) is 6.54 Å². The van der Waals surface area contributed by atoms with Gasteiger partial charge in [-0.05, 0) is 30.7 Å². The topological polar surface area (TPSA) is 35.2 Å². The number of nitrogens with two attached hydrogens (primary N) is 1. The molecule has 0 radical (unpaired) electrons. The Bertz CT molecular complexity index is 364. The predicted octanol–water partition coefficient (Wildman–Crippen LogP) is 3.32. The number of hydrogen-bond donors (Lipinski definition) is 1. The van der Waals surface area contributed by atoms with Crippen molar-refractivity contribution >= 4 is 23.2 Å². The molecule has 0 saturated heterocycles. The summed E-state index contributed by atoms with van der Waals surface area (Å²) in [6, 6.07) is 5.39. The Labute approximate surface area is 99.6 Å². The van der Waals surface area contributed by atoms with Gasteiger partial charge in [-0.2, -0.15) is 0 Å². The Hall–Kier alpha value is -0.700. The third-order valence-electron chi connectivity index (χ3n) is 1.88. The smallest absolute Gasteiger partial charge is 0.124 e. The summed E-state index contributed by atoms with van der Waals surface area (Å²) in [5, 5.41) is 0.660. The summed E-state index contributed by atoms with van der Waals surface area (Å²) in [5.74, 6) is 0.750. The highest BCUT2D eigenvalue weighted by Gasteiger charge is 2.03. The molecule has 1 aromatic rings. The Morgan fingerprint density at radius 1 is 1.53 bits per heavy atom. The molecular weight excluding hydrogens is 233 g/mol. The van der Waals surface area contributed by atoms with E-state index in [9.17, 15) is 0 Å². The lowest BCUT2D eigenvalue weighted by atomic mass is 10.2. The second kappa shape index (κ2) is 6.01. The Morgan fingerprint density at radius 3 is 2.87 bits per heavy atom. The van der Waals surface area contributed by atoms with Gasteiger partial charge in [-0.3, -0.25) is 0 Å². The zero-order chi connectivity index (χ0) is 11.3. The van der Waals surface area contributed by atoms with Gasteiger partial charge in [-0.1, -0.05) is 23.2 Å². The van der Waals surface area contributed by atoms with E-state index in [-0.39, 0.29) is 0 Å². The summed E-state index contributed by atoms with van der Waals surface area (Å²) < 4.78 is 5.54. The normalized spacial score (nSPS) is 11.6. The maximum Gasteiger partial charge on any atom is 0.124 e. The van der Waals surface area contributed by atoms with E-state index in [0.717, 1.165) is 16.9 Å². The lowest BCUT2D eigenvalue weighted by molar-refractivity contribution is 0.348. The van der Waals surface area contributed by atoms with E-state index in [1.54, 1.807) is 12.1 Å². The van der Waals surface area contributed by atoms with E-state index in [1.165, 1.54) is 5.54 Å². The molecule has 0 atom stereocenters. The number of rotatable bonds is 4. The van der Waals surface area contributed by atoms with Crippen molar-refractivity contribution in [2.24, 2.45) is 5.73 Å². The zero-order valence-electron chi connectivity index (χ0n) is 8.47. The molecule has 0 spiro atoms. The van der Waals surface area contributed by atoms with Crippen molar-refractivity contribution in [1.82, 2.24) is 0 Å². The van der Waals surface area contributed by atoms with Crippen LogP contribution in [0.15, 0.2) is 29.3 Å². The van der Waals surface area contributed by atoms with Crippen LogP contribution in [0.3, 0.4) is 0 Å². The van der Waals surface area contributed by atoms with Crippen LogP contribution in [0.25, 0.3) is 0 Å². The van der Waals surface area contributed by atoms with Crippen molar-refractivity contribution in [2.45, 2.75) is 13.5 Å². The van der Waals surface area contributed by atoms with E-state index in [1.807, 2.05) is 13.0 Å². The van der Waals surface area contributed by atoms with E-state index >= 15 is 0 Å². The van der Waals surface area contributed by atoms with Gasteiger partial charge in [0.2, 0.25) is 0 Å². The van der Waals surface area contributed by atoms with Crippen molar-refractivity contribution in [3.8, 4) is 5.75 Å².